The number of nitro benzene ring substituents is 1. The summed E-state index contributed by atoms with van der Waals surface area (Å²) in [6.07, 6.45) is 4.51. The Labute approximate surface area is 105 Å². The van der Waals surface area contributed by atoms with Crippen LogP contribution in [0.1, 0.15) is 37.4 Å². The molecule has 1 saturated carbocycles. The Morgan fingerprint density at radius 1 is 1.39 bits per heavy atom. The summed E-state index contributed by atoms with van der Waals surface area (Å²) in [7, 11) is -1.02. The van der Waals surface area contributed by atoms with Crippen LogP contribution in [-0.2, 0) is 4.65 Å². The fraction of sp³-hybridized carbons (Fsp3) is 0.500. The molecule has 1 aromatic carbocycles. The van der Waals surface area contributed by atoms with Gasteiger partial charge in [-0.15, -0.1) is 0 Å². The minimum Gasteiger partial charge on any atom is -0.423 e. The number of rotatable bonds is 2. The van der Waals surface area contributed by atoms with Crippen LogP contribution in [0.2, 0.25) is 0 Å². The molecule has 94 valence electrons. The zero-order chi connectivity index (χ0) is 12.7. The van der Waals surface area contributed by atoms with Crippen LogP contribution in [0.15, 0.2) is 18.2 Å². The molecule has 0 spiro atoms. The molecule has 0 amide bonds. The van der Waals surface area contributed by atoms with E-state index in [9.17, 15) is 15.1 Å². The third-order valence-electron chi connectivity index (χ3n) is 3.96. The lowest BCUT2D eigenvalue weighted by atomic mass is 9.78. The van der Waals surface area contributed by atoms with E-state index in [1.165, 1.54) is 25.0 Å². The van der Waals surface area contributed by atoms with Gasteiger partial charge in [-0.3, -0.25) is 10.1 Å². The molecule has 0 aromatic heterocycles. The van der Waals surface area contributed by atoms with Crippen molar-refractivity contribution >= 4 is 18.3 Å². The van der Waals surface area contributed by atoms with E-state index in [-0.39, 0.29) is 11.8 Å². The van der Waals surface area contributed by atoms with E-state index in [0.29, 0.717) is 11.4 Å². The smallest absolute Gasteiger partial charge is 0.423 e. The van der Waals surface area contributed by atoms with Gasteiger partial charge in [-0.2, -0.15) is 0 Å². The van der Waals surface area contributed by atoms with E-state index in [0.717, 1.165) is 18.4 Å². The standard InChI is InChI=1S/C12H14BNO4/c15-13-11-7-9(14(16)17)5-6-10(11)12(18-13)8-3-1-2-4-8/h5-8,12,15H,1-4H2. The maximum Gasteiger partial charge on any atom is 0.492 e. The van der Waals surface area contributed by atoms with Crippen LogP contribution >= 0.6 is 0 Å². The number of nitro groups is 1. The van der Waals surface area contributed by atoms with Crippen LogP contribution in [0.5, 0.6) is 0 Å². The lowest BCUT2D eigenvalue weighted by Gasteiger charge is -2.19. The third-order valence-corrected chi connectivity index (χ3v) is 3.96. The zero-order valence-electron chi connectivity index (χ0n) is 9.91. The normalized spacial score (nSPS) is 23.4. The Bertz CT molecular complexity index is 487. The molecule has 1 N–H and O–H groups in total. The summed E-state index contributed by atoms with van der Waals surface area (Å²) in [5.41, 5.74) is 1.48. The van der Waals surface area contributed by atoms with Gasteiger partial charge >= 0.3 is 7.12 Å². The first-order valence-corrected chi connectivity index (χ1v) is 6.28. The second-order valence-corrected chi connectivity index (χ2v) is 5.02. The maximum atomic E-state index is 10.7. The Hall–Kier alpha value is -1.40. The number of hydrogen-bond acceptors (Lipinski definition) is 4. The average Bonchev–Trinajstić information content (AvgIpc) is 2.97. The molecule has 18 heavy (non-hydrogen) atoms. The molecule has 0 radical (unpaired) electrons. The number of benzene rings is 1. The highest BCUT2D eigenvalue weighted by atomic mass is 16.6. The summed E-state index contributed by atoms with van der Waals surface area (Å²) in [6.45, 7) is 0. The third kappa shape index (κ3) is 1.81. The Morgan fingerprint density at radius 2 is 2.11 bits per heavy atom. The molecule has 3 rings (SSSR count). The van der Waals surface area contributed by atoms with Gasteiger partial charge in [0.2, 0.25) is 0 Å². The molecule has 1 fully saturated rings. The lowest BCUT2D eigenvalue weighted by molar-refractivity contribution is -0.384. The average molecular weight is 247 g/mol. The summed E-state index contributed by atoms with van der Waals surface area (Å²) in [6, 6.07) is 4.64. The van der Waals surface area contributed by atoms with Crippen molar-refractivity contribution in [2.45, 2.75) is 31.8 Å². The number of nitrogens with zero attached hydrogens (tertiary/aromatic N) is 1. The molecule has 6 heteroatoms. The maximum absolute atomic E-state index is 10.7. The number of non-ortho nitro benzene ring substituents is 1. The van der Waals surface area contributed by atoms with Gasteiger partial charge in [0, 0.05) is 12.1 Å². The molecule has 1 aromatic rings. The van der Waals surface area contributed by atoms with Crippen molar-refractivity contribution in [1.29, 1.82) is 0 Å². The predicted octanol–water partition coefficient (Wildman–Crippen LogP) is 1.54. The minimum absolute atomic E-state index is 0.00321. The molecule has 1 aliphatic carbocycles. The van der Waals surface area contributed by atoms with E-state index < -0.39 is 12.0 Å². The van der Waals surface area contributed by atoms with Crippen LogP contribution in [0.4, 0.5) is 5.69 Å². The van der Waals surface area contributed by atoms with Crippen molar-refractivity contribution in [2.24, 2.45) is 5.92 Å². The molecular weight excluding hydrogens is 233 g/mol. The molecule has 2 aliphatic rings. The van der Waals surface area contributed by atoms with Crippen molar-refractivity contribution in [3.05, 3.63) is 33.9 Å². The highest BCUT2D eigenvalue weighted by molar-refractivity contribution is 6.61. The van der Waals surface area contributed by atoms with Crippen LogP contribution in [-0.4, -0.2) is 17.1 Å². The second-order valence-electron chi connectivity index (χ2n) is 5.02. The topological polar surface area (TPSA) is 72.6 Å². The fourth-order valence-corrected chi connectivity index (χ4v) is 3.06. The van der Waals surface area contributed by atoms with Crippen LogP contribution in [0.3, 0.4) is 0 Å². The second kappa shape index (κ2) is 4.37. The molecule has 1 heterocycles. The first-order chi connectivity index (χ1) is 8.66. The van der Waals surface area contributed by atoms with Gasteiger partial charge in [0.05, 0.1) is 11.0 Å². The van der Waals surface area contributed by atoms with Crippen molar-refractivity contribution in [3.8, 4) is 0 Å². The Balaban J connectivity index is 1.95. The highest BCUT2D eigenvalue weighted by Gasteiger charge is 2.40. The Morgan fingerprint density at radius 3 is 2.78 bits per heavy atom. The summed E-state index contributed by atoms with van der Waals surface area (Å²) in [5, 5.41) is 20.6. The fourth-order valence-electron chi connectivity index (χ4n) is 3.06. The van der Waals surface area contributed by atoms with Crippen LogP contribution < -0.4 is 5.46 Å². The summed E-state index contributed by atoms with van der Waals surface area (Å²) in [5.74, 6) is 0.433. The monoisotopic (exact) mass is 247 g/mol. The summed E-state index contributed by atoms with van der Waals surface area (Å²) < 4.78 is 5.58. The van der Waals surface area contributed by atoms with Gasteiger partial charge in [-0.1, -0.05) is 12.8 Å². The Kier molecular flexibility index (Phi) is 2.83. The zero-order valence-corrected chi connectivity index (χ0v) is 9.91. The molecule has 1 aliphatic heterocycles. The molecule has 1 atom stereocenters. The quantitative estimate of drug-likeness (QED) is 0.488. The van der Waals surface area contributed by atoms with E-state index in [1.807, 2.05) is 0 Å². The minimum atomic E-state index is -1.02. The molecular formula is C12H14BNO4. The van der Waals surface area contributed by atoms with Crippen LogP contribution in [0, 0.1) is 16.0 Å². The SMILES string of the molecule is O=[N+]([O-])c1ccc2c(c1)B(O)OC2C1CCCC1. The van der Waals surface area contributed by atoms with Gasteiger partial charge in [-0.25, -0.2) is 0 Å². The van der Waals surface area contributed by atoms with Crippen molar-refractivity contribution in [1.82, 2.24) is 0 Å². The van der Waals surface area contributed by atoms with E-state index in [2.05, 4.69) is 0 Å². The van der Waals surface area contributed by atoms with Crippen LogP contribution in [0.25, 0.3) is 0 Å². The number of hydrogen-bond donors (Lipinski definition) is 1. The predicted molar refractivity (Wildman–Crippen MR) is 66.5 cm³/mol. The largest absolute Gasteiger partial charge is 0.492 e. The summed E-state index contributed by atoms with van der Waals surface area (Å²) >= 11 is 0. The van der Waals surface area contributed by atoms with Gasteiger partial charge < -0.3 is 9.68 Å². The lowest BCUT2D eigenvalue weighted by Crippen LogP contribution is -2.28. The van der Waals surface area contributed by atoms with Gasteiger partial charge in [0.25, 0.3) is 5.69 Å². The van der Waals surface area contributed by atoms with Gasteiger partial charge in [0.15, 0.2) is 0 Å². The van der Waals surface area contributed by atoms with Gasteiger partial charge in [-0.05, 0) is 35.9 Å². The number of fused-ring (bicyclic) bond motifs is 1. The van der Waals surface area contributed by atoms with Crippen molar-refractivity contribution < 1.29 is 14.6 Å². The van der Waals surface area contributed by atoms with Crippen molar-refractivity contribution in [3.63, 3.8) is 0 Å². The van der Waals surface area contributed by atoms with E-state index >= 15 is 0 Å². The summed E-state index contributed by atoms with van der Waals surface area (Å²) in [4.78, 5) is 10.3. The molecule has 1 unspecified atom stereocenters. The first kappa shape index (κ1) is 11.7. The van der Waals surface area contributed by atoms with E-state index in [4.69, 9.17) is 4.65 Å². The first-order valence-electron chi connectivity index (χ1n) is 6.28. The molecule has 5 nitrogen and oxygen atoms in total. The van der Waals surface area contributed by atoms with E-state index in [1.54, 1.807) is 6.07 Å². The van der Waals surface area contributed by atoms with Crippen molar-refractivity contribution in [2.75, 3.05) is 0 Å². The van der Waals surface area contributed by atoms with Gasteiger partial charge in [0.1, 0.15) is 0 Å². The highest BCUT2D eigenvalue weighted by Crippen LogP contribution is 2.40. The molecule has 0 saturated heterocycles. The molecule has 0 bridgehead atoms.